The predicted molar refractivity (Wildman–Crippen MR) is 72.7 cm³/mol. The summed E-state index contributed by atoms with van der Waals surface area (Å²) in [5.41, 5.74) is 1.16. The molecule has 1 aliphatic rings. The van der Waals surface area contributed by atoms with E-state index in [-0.39, 0.29) is 5.41 Å². The minimum Gasteiger partial charge on any atom is -0.392 e. The first-order chi connectivity index (χ1) is 9.22. The number of aliphatic hydroxyl groups is 1. The van der Waals surface area contributed by atoms with E-state index >= 15 is 0 Å². The van der Waals surface area contributed by atoms with E-state index in [0.717, 1.165) is 18.7 Å². The SMILES string of the molecule is Cn1ncnc1CC(O)C1(c2ccccc2)CCC1. The number of aliphatic hydroxyl groups excluding tert-OH is 1. The molecule has 1 N–H and O–H groups in total. The summed E-state index contributed by atoms with van der Waals surface area (Å²) < 4.78 is 1.74. The van der Waals surface area contributed by atoms with Gasteiger partial charge in [0.25, 0.3) is 0 Å². The molecule has 3 rings (SSSR count). The quantitative estimate of drug-likeness (QED) is 0.909. The van der Waals surface area contributed by atoms with Gasteiger partial charge in [-0.05, 0) is 18.4 Å². The van der Waals surface area contributed by atoms with Crippen molar-refractivity contribution in [2.45, 2.75) is 37.2 Å². The van der Waals surface area contributed by atoms with E-state index in [0.29, 0.717) is 6.42 Å². The third-order valence-corrected chi connectivity index (χ3v) is 4.41. The fourth-order valence-corrected chi connectivity index (χ4v) is 3.02. The molecule has 0 amide bonds. The number of aromatic nitrogens is 3. The summed E-state index contributed by atoms with van der Waals surface area (Å²) >= 11 is 0. The molecule has 100 valence electrons. The van der Waals surface area contributed by atoms with E-state index in [9.17, 15) is 5.11 Å². The molecule has 1 heterocycles. The van der Waals surface area contributed by atoms with Crippen LogP contribution in [0, 0.1) is 0 Å². The molecule has 1 saturated carbocycles. The molecular weight excluding hydrogens is 238 g/mol. The Bertz CT molecular complexity index is 546. The molecule has 2 aromatic rings. The maximum absolute atomic E-state index is 10.7. The first-order valence-corrected chi connectivity index (χ1v) is 6.79. The van der Waals surface area contributed by atoms with E-state index in [1.165, 1.54) is 18.3 Å². The molecule has 4 nitrogen and oxygen atoms in total. The van der Waals surface area contributed by atoms with Gasteiger partial charge in [0.1, 0.15) is 12.2 Å². The van der Waals surface area contributed by atoms with Gasteiger partial charge >= 0.3 is 0 Å². The van der Waals surface area contributed by atoms with Crippen molar-refractivity contribution in [3.8, 4) is 0 Å². The smallest absolute Gasteiger partial charge is 0.138 e. The van der Waals surface area contributed by atoms with Crippen LogP contribution < -0.4 is 0 Å². The zero-order valence-electron chi connectivity index (χ0n) is 11.2. The molecule has 0 radical (unpaired) electrons. The highest BCUT2D eigenvalue weighted by molar-refractivity contribution is 5.30. The van der Waals surface area contributed by atoms with Crippen LogP contribution in [0.2, 0.25) is 0 Å². The summed E-state index contributed by atoms with van der Waals surface area (Å²) in [6.07, 6.45) is 4.99. The Kier molecular flexibility index (Phi) is 3.11. The van der Waals surface area contributed by atoms with Gasteiger partial charge in [0.15, 0.2) is 0 Å². The van der Waals surface area contributed by atoms with Crippen molar-refractivity contribution in [2.24, 2.45) is 7.05 Å². The summed E-state index contributed by atoms with van der Waals surface area (Å²) in [4.78, 5) is 4.21. The molecule has 19 heavy (non-hydrogen) atoms. The highest BCUT2D eigenvalue weighted by Crippen LogP contribution is 2.47. The molecule has 0 bridgehead atoms. The molecule has 1 aromatic carbocycles. The Morgan fingerprint density at radius 3 is 2.58 bits per heavy atom. The maximum atomic E-state index is 10.7. The van der Waals surface area contributed by atoms with Crippen molar-refractivity contribution in [3.05, 3.63) is 48.0 Å². The number of hydrogen-bond acceptors (Lipinski definition) is 3. The fourth-order valence-electron chi connectivity index (χ4n) is 3.02. The number of rotatable bonds is 4. The largest absolute Gasteiger partial charge is 0.392 e. The van der Waals surface area contributed by atoms with Gasteiger partial charge in [-0.25, -0.2) is 4.98 Å². The van der Waals surface area contributed by atoms with Crippen LogP contribution in [-0.4, -0.2) is 26.0 Å². The van der Waals surface area contributed by atoms with Crippen LogP contribution in [0.25, 0.3) is 0 Å². The van der Waals surface area contributed by atoms with Crippen molar-refractivity contribution in [3.63, 3.8) is 0 Å². The van der Waals surface area contributed by atoms with Crippen molar-refractivity contribution >= 4 is 0 Å². The monoisotopic (exact) mass is 257 g/mol. The Hall–Kier alpha value is -1.68. The normalized spacial score (nSPS) is 18.8. The summed E-state index contributed by atoms with van der Waals surface area (Å²) in [6, 6.07) is 10.4. The molecule has 1 aliphatic carbocycles. The van der Waals surface area contributed by atoms with Gasteiger partial charge in [0.2, 0.25) is 0 Å². The lowest BCUT2D eigenvalue weighted by atomic mass is 9.60. The molecule has 0 saturated heterocycles. The van der Waals surface area contributed by atoms with Gasteiger partial charge < -0.3 is 5.11 Å². The third kappa shape index (κ3) is 2.06. The number of benzene rings is 1. The lowest BCUT2D eigenvalue weighted by Crippen LogP contribution is -2.46. The van der Waals surface area contributed by atoms with Gasteiger partial charge in [-0.2, -0.15) is 5.10 Å². The van der Waals surface area contributed by atoms with Crippen molar-refractivity contribution in [1.29, 1.82) is 0 Å². The topological polar surface area (TPSA) is 50.9 Å². The van der Waals surface area contributed by atoms with Crippen LogP contribution in [0.4, 0.5) is 0 Å². The van der Waals surface area contributed by atoms with Crippen molar-refractivity contribution in [1.82, 2.24) is 14.8 Å². The Labute approximate surface area is 113 Å². The average Bonchev–Trinajstić information content (AvgIpc) is 2.75. The number of hydrogen-bond donors (Lipinski definition) is 1. The summed E-state index contributed by atoms with van der Waals surface area (Å²) in [6.45, 7) is 0. The molecule has 1 aromatic heterocycles. The van der Waals surface area contributed by atoms with Gasteiger partial charge in [0, 0.05) is 18.9 Å². The van der Waals surface area contributed by atoms with Gasteiger partial charge in [-0.3, -0.25) is 4.68 Å². The second-order valence-corrected chi connectivity index (χ2v) is 5.40. The molecule has 1 unspecified atom stereocenters. The minimum atomic E-state index is -0.397. The number of aryl methyl sites for hydroxylation is 1. The average molecular weight is 257 g/mol. The molecule has 0 spiro atoms. The summed E-state index contributed by atoms with van der Waals surface area (Å²) in [7, 11) is 1.87. The highest BCUT2D eigenvalue weighted by atomic mass is 16.3. The van der Waals surface area contributed by atoms with Gasteiger partial charge in [-0.1, -0.05) is 36.8 Å². The fraction of sp³-hybridized carbons (Fsp3) is 0.467. The van der Waals surface area contributed by atoms with E-state index < -0.39 is 6.10 Å². The maximum Gasteiger partial charge on any atom is 0.138 e. The van der Waals surface area contributed by atoms with E-state index in [1.54, 1.807) is 4.68 Å². The first kappa shape index (κ1) is 12.4. The van der Waals surface area contributed by atoms with E-state index in [1.807, 2.05) is 25.2 Å². The third-order valence-electron chi connectivity index (χ3n) is 4.41. The molecule has 1 fully saturated rings. The van der Waals surface area contributed by atoms with Crippen LogP contribution in [-0.2, 0) is 18.9 Å². The lowest BCUT2D eigenvalue weighted by molar-refractivity contribution is 0.0267. The van der Waals surface area contributed by atoms with E-state index in [2.05, 4.69) is 22.2 Å². The van der Waals surface area contributed by atoms with Gasteiger partial charge in [-0.15, -0.1) is 0 Å². The van der Waals surface area contributed by atoms with Crippen molar-refractivity contribution < 1.29 is 5.11 Å². The first-order valence-electron chi connectivity index (χ1n) is 6.79. The molecule has 0 aliphatic heterocycles. The minimum absolute atomic E-state index is 0.0901. The second kappa shape index (κ2) is 4.78. The second-order valence-electron chi connectivity index (χ2n) is 5.40. The summed E-state index contributed by atoms with van der Waals surface area (Å²) in [5.74, 6) is 0.842. The highest BCUT2D eigenvalue weighted by Gasteiger charge is 2.45. The molecular formula is C15H19N3O. The van der Waals surface area contributed by atoms with Crippen molar-refractivity contribution in [2.75, 3.05) is 0 Å². The number of nitrogens with zero attached hydrogens (tertiary/aromatic N) is 3. The van der Waals surface area contributed by atoms with Gasteiger partial charge in [0.05, 0.1) is 6.10 Å². The van der Waals surface area contributed by atoms with E-state index in [4.69, 9.17) is 0 Å². The standard InChI is InChI=1S/C15H19N3O/c1-18-14(16-11-17-18)10-13(19)15(8-5-9-15)12-6-3-2-4-7-12/h2-4,6-7,11,13,19H,5,8-10H2,1H3. The van der Waals surface area contributed by atoms with Crippen LogP contribution >= 0.6 is 0 Å². The molecule has 1 atom stereocenters. The van der Waals surface area contributed by atoms with Crippen LogP contribution in [0.5, 0.6) is 0 Å². The Morgan fingerprint density at radius 2 is 2.05 bits per heavy atom. The van der Waals surface area contributed by atoms with Crippen LogP contribution in [0.1, 0.15) is 30.7 Å². The zero-order valence-corrected chi connectivity index (χ0v) is 11.2. The van der Waals surface area contributed by atoms with Crippen LogP contribution in [0.3, 0.4) is 0 Å². The predicted octanol–water partition coefficient (Wildman–Crippen LogP) is 1.84. The van der Waals surface area contributed by atoms with Crippen LogP contribution in [0.15, 0.2) is 36.7 Å². The lowest BCUT2D eigenvalue weighted by Gasteiger charge is -2.46. The Balaban J connectivity index is 1.84. The summed E-state index contributed by atoms with van der Waals surface area (Å²) in [5, 5.41) is 14.8. The Morgan fingerprint density at radius 1 is 1.32 bits per heavy atom. The zero-order chi connectivity index (χ0) is 13.3. The molecule has 4 heteroatoms.